The molecular weight excluding hydrogens is 357 g/mol. The van der Waals surface area contributed by atoms with Gasteiger partial charge in [0.05, 0.1) is 17.5 Å². The van der Waals surface area contributed by atoms with Crippen molar-refractivity contribution < 1.29 is 22.8 Å². The van der Waals surface area contributed by atoms with E-state index in [1.54, 1.807) is 4.90 Å². The molecule has 0 bridgehead atoms. The number of carbonyl (C=O) groups is 2. The molecule has 0 radical (unpaired) electrons. The number of hydrogen-bond acceptors (Lipinski definition) is 2. The lowest BCUT2D eigenvalue weighted by atomic mass is 10.1. The monoisotopic (exact) mass is 376 g/mol. The first-order valence-corrected chi connectivity index (χ1v) is 8.58. The number of benzene rings is 2. The maximum absolute atomic E-state index is 12.8. The zero-order valence-corrected chi connectivity index (χ0v) is 14.7. The Balaban J connectivity index is 1.68. The number of nitrogens with zero attached hydrogens (tertiary/aromatic N) is 1. The second kappa shape index (κ2) is 7.42. The minimum atomic E-state index is -4.48. The van der Waals surface area contributed by atoms with Gasteiger partial charge in [-0.2, -0.15) is 13.2 Å². The van der Waals surface area contributed by atoms with Crippen molar-refractivity contribution in [1.82, 2.24) is 4.90 Å². The molecule has 142 valence electrons. The normalized spacial score (nSPS) is 18.4. The number of nitrogens with one attached hydrogen (secondary N) is 1. The number of likely N-dealkylation sites (tertiary alicyclic amines) is 1. The molecule has 2 aromatic rings. The van der Waals surface area contributed by atoms with E-state index in [1.807, 2.05) is 37.3 Å². The van der Waals surface area contributed by atoms with Crippen molar-refractivity contribution in [2.75, 3.05) is 11.9 Å². The number of alkyl halides is 3. The fraction of sp³-hybridized carbons (Fsp3) is 0.300. The van der Waals surface area contributed by atoms with Gasteiger partial charge in [0, 0.05) is 18.7 Å². The van der Waals surface area contributed by atoms with E-state index in [0.29, 0.717) is 0 Å². The van der Waals surface area contributed by atoms with E-state index in [-0.39, 0.29) is 30.6 Å². The van der Waals surface area contributed by atoms with Crippen molar-refractivity contribution >= 4 is 17.5 Å². The minimum absolute atomic E-state index is 0.0436. The summed E-state index contributed by atoms with van der Waals surface area (Å²) in [5, 5.41) is 2.50. The van der Waals surface area contributed by atoms with Crippen LogP contribution in [0.15, 0.2) is 54.6 Å². The van der Waals surface area contributed by atoms with Crippen LogP contribution < -0.4 is 5.32 Å². The van der Waals surface area contributed by atoms with Crippen LogP contribution in [0.2, 0.25) is 0 Å². The predicted molar refractivity (Wildman–Crippen MR) is 94.8 cm³/mol. The van der Waals surface area contributed by atoms with Gasteiger partial charge in [-0.3, -0.25) is 9.59 Å². The molecule has 4 nitrogen and oxygen atoms in total. The average molecular weight is 376 g/mol. The molecule has 1 aliphatic rings. The molecule has 1 fully saturated rings. The molecule has 27 heavy (non-hydrogen) atoms. The van der Waals surface area contributed by atoms with Gasteiger partial charge >= 0.3 is 6.18 Å². The number of halogens is 3. The maximum Gasteiger partial charge on any atom is 0.416 e. The summed E-state index contributed by atoms with van der Waals surface area (Å²) in [4.78, 5) is 26.4. The topological polar surface area (TPSA) is 49.4 Å². The molecule has 2 atom stereocenters. The van der Waals surface area contributed by atoms with Gasteiger partial charge < -0.3 is 10.2 Å². The highest BCUT2D eigenvalue weighted by atomic mass is 19.4. The Morgan fingerprint density at radius 1 is 1.15 bits per heavy atom. The van der Waals surface area contributed by atoms with Crippen LogP contribution in [0.3, 0.4) is 0 Å². The summed E-state index contributed by atoms with van der Waals surface area (Å²) in [6, 6.07) is 13.8. The van der Waals surface area contributed by atoms with Crippen LogP contribution in [0.4, 0.5) is 18.9 Å². The van der Waals surface area contributed by atoms with Crippen LogP contribution in [-0.2, 0) is 15.8 Å². The molecule has 1 N–H and O–H groups in total. The van der Waals surface area contributed by atoms with Crippen LogP contribution in [-0.4, -0.2) is 23.3 Å². The second-order valence-electron chi connectivity index (χ2n) is 6.60. The molecule has 1 aliphatic heterocycles. The fourth-order valence-electron chi connectivity index (χ4n) is 3.21. The summed E-state index contributed by atoms with van der Waals surface area (Å²) < 4.78 is 38.4. The van der Waals surface area contributed by atoms with Crippen molar-refractivity contribution in [2.24, 2.45) is 5.92 Å². The summed E-state index contributed by atoms with van der Waals surface area (Å²) in [6.07, 6.45) is -4.44. The number of anilines is 1. The van der Waals surface area contributed by atoms with Gasteiger partial charge in [-0.15, -0.1) is 0 Å². The largest absolute Gasteiger partial charge is 0.416 e. The van der Waals surface area contributed by atoms with Gasteiger partial charge in [0.2, 0.25) is 11.8 Å². The minimum Gasteiger partial charge on any atom is -0.335 e. The van der Waals surface area contributed by atoms with E-state index in [2.05, 4.69) is 5.32 Å². The van der Waals surface area contributed by atoms with Crippen LogP contribution in [0.25, 0.3) is 0 Å². The quantitative estimate of drug-likeness (QED) is 0.867. The highest BCUT2D eigenvalue weighted by molar-refractivity contribution is 5.97. The lowest BCUT2D eigenvalue weighted by Gasteiger charge is -2.25. The molecule has 3 rings (SSSR count). The first kappa shape index (κ1) is 18.9. The summed E-state index contributed by atoms with van der Waals surface area (Å²) in [6.45, 7) is 2.13. The van der Waals surface area contributed by atoms with Crippen LogP contribution in [0.5, 0.6) is 0 Å². The van der Waals surface area contributed by atoms with Crippen molar-refractivity contribution in [1.29, 1.82) is 0 Å². The van der Waals surface area contributed by atoms with Crippen molar-refractivity contribution in [2.45, 2.75) is 25.6 Å². The molecule has 1 heterocycles. The van der Waals surface area contributed by atoms with E-state index in [4.69, 9.17) is 0 Å². The van der Waals surface area contributed by atoms with Crippen LogP contribution >= 0.6 is 0 Å². The maximum atomic E-state index is 12.8. The Morgan fingerprint density at radius 3 is 2.52 bits per heavy atom. The van der Waals surface area contributed by atoms with Gasteiger partial charge in [0.1, 0.15) is 0 Å². The van der Waals surface area contributed by atoms with Gasteiger partial charge in [-0.1, -0.05) is 36.4 Å². The SMILES string of the molecule is C[C@H](c1ccccc1)N1C[C@H](C(=O)Nc2cccc(C(F)(F)F)c2)CC1=O. The Kier molecular flexibility index (Phi) is 5.21. The molecular formula is C20H19F3N2O2. The van der Waals surface area contributed by atoms with Gasteiger partial charge in [0.15, 0.2) is 0 Å². The molecule has 2 aromatic carbocycles. The van der Waals surface area contributed by atoms with E-state index in [9.17, 15) is 22.8 Å². The first-order chi connectivity index (χ1) is 12.8. The van der Waals surface area contributed by atoms with Gasteiger partial charge in [-0.05, 0) is 30.7 Å². The van der Waals surface area contributed by atoms with E-state index in [1.165, 1.54) is 12.1 Å². The summed E-state index contributed by atoms with van der Waals surface area (Å²) in [5.74, 6) is -1.20. The Hall–Kier alpha value is -2.83. The van der Waals surface area contributed by atoms with E-state index >= 15 is 0 Å². The lowest BCUT2D eigenvalue weighted by Crippen LogP contribution is -2.30. The Bertz CT molecular complexity index is 837. The number of amides is 2. The third kappa shape index (κ3) is 4.30. The smallest absolute Gasteiger partial charge is 0.335 e. The standard InChI is InChI=1S/C20H19F3N2O2/c1-13(14-6-3-2-4-7-14)25-12-15(10-18(25)26)19(27)24-17-9-5-8-16(11-17)20(21,22)23/h2-9,11,13,15H,10,12H2,1H3,(H,24,27)/t13-,15-/m1/s1. The molecule has 0 unspecified atom stereocenters. The van der Waals surface area contributed by atoms with E-state index in [0.717, 1.165) is 17.7 Å². The fourth-order valence-corrected chi connectivity index (χ4v) is 3.21. The Labute approximate surface area is 155 Å². The molecule has 2 amide bonds. The van der Waals surface area contributed by atoms with Gasteiger partial charge in [-0.25, -0.2) is 0 Å². The zero-order chi connectivity index (χ0) is 19.6. The molecule has 7 heteroatoms. The molecule has 1 saturated heterocycles. The molecule has 0 aliphatic carbocycles. The summed E-state index contributed by atoms with van der Waals surface area (Å²) >= 11 is 0. The number of hydrogen-bond donors (Lipinski definition) is 1. The van der Waals surface area contributed by atoms with Crippen molar-refractivity contribution in [3.05, 3.63) is 65.7 Å². The predicted octanol–water partition coefficient (Wildman–Crippen LogP) is 4.25. The van der Waals surface area contributed by atoms with Gasteiger partial charge in [0.25, 0.3) is 0 Å². The van der Waals surface area contributed by atoms with E-state index < -0.39 is 23.6 Å². The molecule has 0 saturated carbocycles. The van der Waals surface area contributed by atoms with Crippen molar-refractivity contribution in [3.63, 3.8) is 0 Å². The number of rotatable bonds is 4. The second-order valence-corrected chi connectivity index (χ2v) is 6.60. The summed E-state index contributed by atoms with van der Waals surface area (Å²) in [7, 11) is 0. The first-order valence-electron chi connectivity index (χ1n) is 8.58. The third-order valence-electron chi connectivity index (χ3n) is 4.74. The van der Waals surface area contributed by atoms with Crippen LogP contribution in [0.1, 0.15) is 30.5 Å². The lowest BCUT2D eigenvalue weighted by molar-refractivity contribution is -0.137. The van der Waals surface area contributed by atoms with Crippen molar-refractivity contribution in [3.8, 4) is 0 Å². The average Bonchev–Trinajstić information content (AvgIpc) is 3.03. The molecule has 0 spiro atoms. The Morgan fingerprint density at radius 2 is 1.85 bits per heavy atom. The highest BCUT2D eigenvalue weighted by Gasteiger charge is 2.37. The summed E-state index contributed by atoms with van der Waals surface area (Å²) in [5.41, 5.74) is 0.198. The van der Waals surface area contributed by atoms with Crippen LogP contribution in [0, 0.1) is 5.92 Å². The third-order valence-corrected chi connectivity index (χ3v) is 4.74. The highest BCUT2D eigenvalue weighted by Crippen LogP contribution is 2.32. The number of carbonyl (C=O) groups excluding carboxylic acids is 2. The zero-order valence-electron chi connectivity index (χ0n) is 14.7. The molecule has 0 aromatic heterocycles.